The molecule has 1 atom stereocenters. The van der Waals surface area contributed by atoms with Crippen molar-refractivity contribution in [1.29, 1.82) is 0 Å². The summed E-state index contributed by atoms with van der Waals surface area (Å²) in [5, 5.41) is 11.4. The summed E-state index contributed by atoms with van der Waals surface area (Å²) < 4.78 is 0. The maximum Gasteiger partial charge on any atom is 0.0562 e. The molecule has 1 aromatic heterocycles. The molecule has 132 valence electrons. The number of hydrogen-bond acceptors (Lipinski definition) is 2. The second-order valence-corrected chi connectivity index (χ2v) is 7.02. The van der Waals surface area contributed by atoms with Crippen molar-refractivity contribution in [3.8, 4) is 0 Å². The molecule has 1 aliphatic rings. The lowest BCUT2D eigenvalue weighted by Gasteiger charge is -2.24. The van der Waals surface area contributed by atoms with Gasteiger partial charge in [-0.25, -0.2) is 0 Å². The Hall–Kier alpha value is -1.84. The molecule has 0 aliphatic heterocycles. The largest absolute Gasteiger partial charge is 0.316 e. The highest BCUT2D eigenvalue weighted by atomic mass is 35.5. The van der Waals surface area contributed by atoms with E-state index in [0.717, 1.165) is 31.0 Å². The van der Waals surface area contributed by atoms with Crippen molar-refractivity contribution in [3.63, 3.8) is 0 Å². The first-order chi connectivity index (χ1) is 12.3. The SMILES string of the molecule is CCCCNCC(C1=CC=C(c2cn[nH]c2)CC1)c1ccc(Cl)cc1. The van der Waals surface area contributed by atoms with Crippen LogP contribution in [-0.2, 0) is 0 Å². The van der Waals surface area contributed by atoms with Gasteiger partial charge in [-0.3, -0.25) is 5.10 Å². The van der Waals surface area contributed by atoms with Crippen LogP contribution in [0.15, 0.2) is 54.4 Å². The fraction of sp³-hybridized carbons (Fsp3) is 0.381. The highest BCUT2D eigenvalue weighted by molar-refractivity contribution is 6.30. The maximum absolute atomic E-state index is 6.08. The van der Waals surface area contributed by atoms with Gasteiger partial charge in [0, 0.05) is 29.2 Å². The monoisotopic (exact) mass is 355 g/mol. The molecule has 0 bridgehead atoms. The predicted octanol–water partition coefficient (Wildman–Crippen LogP) is 5.34. The molecule has 1 heterocycles. The normalized spacial score (nSPS) is 15.6. The third kappa shape index (κ3) is 4.83. The second kappa shape index (κ2) is 9.02. The quantitative estimate of drug-likeness (QED) is 0.627. The van der Waals surface area contributed by atoms with Crippen LogP contribution in [0.25, 0.3) is 5.57 Å². The van der Waals surface area contributed by atoms with Gasteiger partial charge in [-0.15, -0.1) is 0 Å². The molecular weight excluding hydrogens is 330 g/mol. The average Bonchev–Trinajstić information content (AvgIpc) is 3.18. The molecule has 25 heavy (non-hydrogen) atoms. The summed E-state index contributed by atoms with van der Waals surface area (Å²) in [6, 6.07) is 8.30. The summed E-state index contributed by atoms with van der Waals surface area (Å²) in [5.41, 5.74) is 5.36. The van der Waals surface area contributed by atoms with E-state index in [9.17, 15) is 0 Å². The van der Waals surface area contributed by atoms with Gasteiger partial charge in [-0.2, -0.15) is 5.10 Å². The van der Waals surface area contributed by atoms with Gasteiger partial charge in [0.1, 0.15) is 0 Å². The zero-order chi connectivity index (χ0) is 17.5. The van der Waals surface area contributed by atoms with Crippen LogP contribution in [0, 0.1) is 0 Å². The zero-order valence-electron chi connectivity index (χ0n) is 14.8. The number of benzene rings is 1. The Morgan fingerprint density at radius 3 is 2.68 bits per heavy atom. The van der Waals surface area contributed by atoms with E-state index in [1.165, 1.54) is 35.1 Å². The first kappa shape index (κ1) is 18.0. The van der Waals surface area contributed by atoms with Crippen molar-refractivity contribution in [1.82, 2.24) is 15.5 Å². The highest BCUT2D eigenvalue weighted by Gasteiger charge is 2.19. The average molecular weight is 356 g/mol. The van der Waals surface area contributed by atoms with Gasteiger partial charge in [0.2, 0.25) is 0 Å². The molecule has 1 aliphatic carbocycles. The van der Waals surface area contributed by atoms with E-state index in [1.807, 2.05) is 24.5 Å². The van der Waals surface area contributed by atoms with Gasteiger partial charge >= 0.3 is 0 Å². The lowest BCUT2D eigenvalue weighted by Crippen LogP contribution is -2.24. The standard InChI is InChI=1S/C21H26ClN3/c1-2-3-12-23-15-21(18-8-10-20(22)11-9-18)17-6-4-16(5-7-17)19-13-24-25-14-19/h4,6,8-11,13-14,21,23H,2-3,5,7,12,15H2,1H3,(H,24,25). The molecule has 2 N–H and O–H groups in total. The Balaban J connectivity index is 1.77. The molecule has 0 fully saturated rings. The minimum Gasteiger partial charge on any atom is -0.316 e. The predicted molar refractivity (Wildman–Crippen MR) is 106 cm³/mol. The summed E-state index contributed by atoms with van der Waals surface area (Å²) in [5.74, 6) is 0.399. The Kier molecular flexibility index (Phi) is 6.48. The Bertz CT molecular complexity index is 714. The van der Waals surface area contributed by atoms with Crippen molar-refractivity contribution in [3.05, 3.63) is 70.5 Å². The number of hydrogen-bond donors (Lipinski definition) is 2. The van der Waals surface area contributed by atoms with Gasteiger partial charge < -0.3 is 5.32 Å². The van der Waals surface area contributed by atoms with Gasteiger partial charge in [0.25, 0.3) is 0 Å². The molecular formula is C21H26ClN3. The van der Waals surface area contributed by atoms with Crippen LogP contribution in [0.5, 0.6) is 0 Å². The fourth-order valence-corrected chi connectivity index (χ4v) is 3.44. The molecule has 3 nitrogen and oxygen atoms in total. The summed E-state index contributed by atoms with van der Waals surface area (Å²) in [6.07, 6.45) is 13.0. The van der Waals surface area contributed by atoms with Gasteiger partial charge in [0.05, 0.1) is 6.20 Å². The van der Waals surface area contributed by atoms with E-state index in [0.29, 0.717) is 5.92 Å². The first-order valence-electron chi connectivity index (χ1n) is 9.13. The van der Waals surface area contributed by atoms with Crippen LogP contribution >= 0.6 is 11.6 Å². The molecule has 0 radical (unpaired) electrons. The van der Waals surface area contributed by atoms with Gasteiger partial charge in [-0.05, 0) is 49.1 Å². The minimum atomic E-state index is 0.399. The van der Waals surface area contributed by atoms with Crippen LogP contribution < -0.4 is 5.32 Å². The summed E-state index contributed by atoms with van der Waals surface area (Å²) in [7, 11) is 0. The first-order valence-corrected chi connectivity index (χ1v) is 9.50. The van der Waals surface area contributed by atoms with E-state index >= 15 is 0 Å². The van der Waals surface area contributed by atoms with Crippen LogP contribution in [0.3, 0.4) is 0 Å². The molecule has 1 unspecified atom stereocenters. The fourth-order valence-electron chi connectivity index (χ4n) is 3.32. The van der Waals surface area contributed by atoms with Crippen molar-refractivity contribution in [2.45, 2.75) is 38.5 Å². The van der Waals surface area contributed by atoms with Crippen LogP contribution in [-0.4, -0.2) is 23.3 Å². The topological polar surface area (TPSA) is 40.7 Å². The lowest BCUT2D eigenvalue weighted by atomic mass is 9.83. The summed E-state index contributed by atoms with van der Waals surface area (Å²) in [6.45, 7) is 4.27. The second-order valence-electron chi connectivity index (χ2n) is 6.58. The summed E-state index contributed by atoms with van der Waals surface area (Å²) >= 11 is 6.08. The van der Waals surface area contributed by atoms with E-state index in [-0.39, 0.29) is 0 Å². The van der Waals surface area contributed by atoms with Gasteiger partial charge in [0.15, 0.2) is 0 Å². The molecule has 0 amide bonds. The van der Waals surface area contributed by atoms with Gasteiger partial charge in [-0.1, -0.05) is 54.8 Å². The molecule has 3 rings (SSSR count). The lowest BCUT2D eigenvalue weighted by molar-refractivity contribution is 0.592. The summed E-state index contributed by atoms with van der Waals surface area (Å²) in [4.78, 5) is 0. The Morgan fingerprint density at radius 2 is 2.04 bits per heavy atom. The number of aromatic nitrogens is 2. The van der Waals surface area contributed by atoms with Crippen molar-refractivity contribution in [2.24, 2.45) is 0 Å². The molecule has 0 spiro atoms. The Morgan fingerprint density at radius 1 is 1.20 bits per heavy atom. The molecule has 2 aromatic rings. The van der Waals surface area contributed by atoms with E-state index < -0.39 is 0 Å². The van der Waals surface area contributed by atoms with Crippen molar-refractivity contribution < 1.29 is 0 Å². The molecule has 4 heteroatoms. The van der Waals surface area contributed by atoms with Crippen LogP contribution in [0.2, 0.25) is 5.02 Å². The number of allylic oxidation sites excluding steroid dienone is 3. The smallest absolute Gasteiger partial charge is 0.0562 e. The molecule has 0 saturated carbocycles. The number of halogens is 1. The number of rotatable bonds is 8. The van der Waals surface area contributed by atoms with Crippen LogP contribution in [0.1, 0.15) is 49.7 Å². The maximum atomic E-state index is 6.08. The zero-order valence-corrected chi connectivity index (χ0v) is 15.5. The number of nitrogens with zero attached hydrogens (tertiary/aromatic N) is 1. The third-order valence-electron chi connectivity index (χ3n) is 4.83. The molecule has 0 saturated heterocycles. The van der Waals surface area contributed by atoms with Crippen molar-refractivity contribution >= 4 is 17.2 Å². The van der Waals surface area contributed by atoms with Crippen molar-refractivity contribution in [2.75, 3.05) is 13.1 Å². The van der Waals surface area contributed by atoms with Crippen LogP contribution in [0.4, 0.5) is 0 Å². The number of H-pyrrole nitrogens is 1. The third-order valence-corrected chi connectivity index (χ3v) is 5.08. The number of nitrogens with one attached hydrogen (secondary N) is 2. The van der Waals surface area contributed by atoms with E-state index in [4.69, 9.17) is 11.6 Å². The number of aromatic amines is 1. The number of unbranched alkanes of at least 4 members (excludes halogenated alkanes) is 1. The van der Waals surface area contributed by atoms with E-state index in [1.54, 1.807) is 0 Å². The van der Waals surface area contributed by atoms with E-state index in [2.05, 4.69) is 46.7 Å². The minimum absolute atomic E-state index is 0.399. The Labute approximate surface area is 155 Å². The molecule has 1 aromatic carbocycles. The highest BCUT2D eigenvalue weighted by Crippen LogP contribution is 2.34.